The molecule has 0 radical (unpaired) electrons. The van der Waals surface area contributed by atoms with Crippen LogP contribution >= 0.6 is 0 Å². The number of para-hydroxylation sites is 1. The maximum Gasteiger partial charge on any atom is 0.255 e. The lowest BCUT2D eigenvalue weighted by molar-refractivity contribution is 0.0911. The zero-order valence-electron chi connectivity index (χ0n) is 21.8. The third kappa shape index (κ3) is 5.97. The summed E-state index contributed by atoms with van der Waals surface area (Å²) in [5.74, 6) is 6.39. The van der Waals surface area contributed by atoms with Gasteiger partial charge in [0.25, 0.3) is 11.8 Å². The molecule has 0 bridgehead atoms. The zero-order valence-corrected chi connectivity index (χ0v) is 21.8. The summed E-state index contributed by atoms with van der Waals surface area (Å²) in [5, 5.41) is 16.8. The number of aryl methyl sites for hydroxylation is 1. The predicted octanol–water partition coefficient (Wildman–Crippen LogP) is 3.98. The maximum atomic E-state index is 13.6. The number of nitrogens with one attached hydrogen (secondary N) is 3. The second-order valence-electron chi connectivity index (χ2n) is 9.64. The monoisotopic (exact) mass is 521 g/mol. The van der Waals surface area contributed by atoms with Crippen LogP contribution in [0.25, 0.3) is 10.9 Å². The fourth-order valence-electron chi connectivity index (χ4n) is 4.89. The quantitative estimate of drug-likeness (QED) is 0.288. The van der Waals surface area contributed by atoms with Crippen LogP contribution in [0.3, 0.4) is 0 Å². The summed E-state index contributed by atoms with van der Waals surface area (Å²) in [4.78, 5) is 28.8. The van der Waals surface area contributed by atoms with E-state index in [1.54, 1.807) is 31.3 Å². The Hall–Kier alpha value is -4.54. The zero-order chi connectivity index (χ0) is 27.2. The molecule has 5 rings (SSSR count). The average Bonchev–Trinajstić information content (AvgIpc) is 3.22. The highest BCUT2D eigenvalue weighted by atomic mass is 16.5. The molecule has 0 saturated heterocycles. The number of carbonyl (C=O) groups excluding carboxylic acids is 2. The molecular weight excluding hydrogens is 490 g/mol. The van der Waals surface area contributed by atoms with E-state index in [0.29, 0.717) is 41.0 Å². The van der Waals surface area contributed by atoms with Crippen LogP contribution < -0.4 is 15.4 Å². The normalized spacial score (nSPS) is 13.3. The molecule has 0 aliphatic carbocycles. The average molecular weight is 522 g/mol. The molecule has 2 heterocycles. The summed E-state index contributed by atoms with van der Waals surface area (Å²) in [7, 11) is 1.59. The SMILES string of the molecule is CNC(=O)c1cccc(C#Cc2cc3c(c(C(=O)N[C@@H](CO)Cc4c[nH]c5ccccc45)c2)OCCCC3)c1. The molecule has 0 fully saturated rings. The largest absolute Gasteiger partial charge is 0.492 e. The Morgan fingerprint density at radius 3 is 2.72 bits per heavy atom. The third-order valence-electron chi connectivity index (χ3n) is 6.90. The van der Waals surface area contributed by atoms with Crippen LogP contribution in [0.2, 0.25) is 0 Å². The van der Waals surface area contributed by atoms with Crippen LogP contribution in [0, 0.1) is 11.8 Å². The van der Waals surface area contributed by atoms with Gasteiger partial charge >= 0.3 is 0 Å². The number of aromatic amines is 1. The highest BCUT2D eigenvalue weighted by molar-refractivity contribution is 5.98. The summed E-state index contributed by atoms with van der Waals surface area (Å²) < 4.78 is 6.03. The molecule has 4 aromatic rings. The summed E-state index contributed by atoms with van der Waals surface area (Å²) in [6.07, 6.45) is 5.05. The Bertz CT molecular complexity index is 1580. The number of hydrogen-bond donors (Lipinski definition) is 4. The first-order valence-electron chi connectivity index (χ1n) is 13.2. The van der Waals surface area contributed by atoms with Gasteiger partial charge in [0.2, 0.25) is 0 Å². The second-order valence-corrected chi connectivity index (χ2v) is 9.64. The molecule has 0 saturated carbocycles. The van der Waals surface area contributed by atoms with Crippen molar-refractivity contribution in [1.82, 2.24) is 15.6 Å². The summed E-state index contributed by atoms with van der Waals surface area (Å²) in [5.41, 5.74) is 5.32. The first kappa shape index (κ1) is 26.1. The van der Waals surface area contributed by atoms with Crippen molar-refractivity contribution in [1.29, 1.82) is 0 Å². The van der Waals surface area contributed by atoms with E-state index in [4.69, 9.17) is 4.74 Å². The van der Waals surface area contributed by atoms with Crippen LogP contribution in [-0.4, -0.2) is 48.2 Å². The van der Waals surface area contributed by atoms with Gasteiger partial charge in [-0.25, -0.2) is 0 Å². The molecule has 7 heteroatoms. The summed E-state index contributed by atoms with van der Waals surface area (Å²) in [6.45, 7) is 0.346. The number of aliphatic hydroxyl groups excluding tert-OH is 1. The summed E-state index contributed by atoms with van der Waals surface area (Å²) >= 11 is 0. The van der Waals surface area contributed by atoms with Crippen LogP contribution in [0.15, 0.2) is 66.9 Å². The van der Waals surface area contributed by atoms with E-state index in [9.17, 15) is 14.7 Å². The highest BCUT2D eigenvalue weighted by Gasteiger charge is 2.22. The highest BCUT2D eigenvalue weighted by Crippen LogP contribution is 2.30. The number of H-pyrrole nitrogens is 1. The molecule has 7 nitrogen and oxygen atoms in total. The van der Waals surface area contributed by atoms with E-state index in [2.05, 4.69) is 27.5 Å². The van der Waals surface area contributed by atoms with E-state index in [1.165, 1.54) is 0 Å². The van der Waals surface area contributed by atoms with Crippen LogP contribution in [0.1, 0.15) is 55.8 Å². The molecule has 0 spiro atoms. The fourth-order valence-corrected chi connectivity index (χ4v) is 4.89. The lowest BCUT2D eigenvalue weighted by atomic mass is 9.99. The van der Waals surface area contributed by atoms with Gasteiger partial charge in [-0.3, -0.25) is 9.59 Å². The van der Waals surface area contributed by atoms with E-state index in [0.717, 1.165) is 41.3 Å². The van der Waals surface area contributed by atoms with Crippen molar-refractivity contribution in [2.45, 2.75) is 31.7 Å². The lowest BCUT2D eigenvalue weighted by Crippen LogP contribution is -2.39. The first-order chi connectivity index (χ1) is 19.1. The van der Waals surface area contributed by atoms with Crippen LogP contribution in [0.5, 0.6) is 5.75 Å². The Kier molecular flexibility index (Phi) is 7.95. The molecule has 39 heavy (non-hydrogen) atoms. The molecule has 1 atom stereocenters. The van der Waals surface area contributed by atoms with E-state index < -0.39 is 6.04 Å². The topological polar surface area (TPSA) is 103 Å². The van der Waals surface area contributed by atoms with Gasteiger partial charge < -0.3 is 25.5 Å². The van der Waals surface area contributed by atoms with Crippen molar-refractivity contribution in [3.05, 3.63) is 100 Å². The third-order valence-corrected chi connectivity index (χ3v) is 6.90. The van der Waals surface area contributed by atoms with Crippen LogP contribution in [0.4, 0.5) is 0 Å². The van der Waals surface area contributed by atoms with Gasteiger partial charge in [-0.2, -0.15) is 0 Å². The smallest absolute Gasteiger partial charge is 0.255 e. The number of amides is 2. The molecule has 1 aromatic heterocycles. The number of rotatable bonds is 6. The van der Waals surface area contributed by atoms with Crippen molar-refractivity contribution in [3.63, 3.8) is 0 Å². The predicted molar refractivity (Wildman–Crippen MR) is 151 cm³/mol. The first-order valence-corrected chi connectivity index (χ1v) is 13.2. The standard InChI is InChI=1S/C32H31N3O4/c1-33-31(37)24-9-6-7-21(15-24)12-13-22-16-23-8-4-5-14-39-30(23)28(17-22)32(38)35-26(20-36)18-25-19-34-29-11-3-2-10-27(25)29/h2-3,6-7,9-11,15-17,19,26,34,36H,4-5,8,14,18,20H2,1H3,(H,33,37)(H,35,38)/t26-/m1/s1. The van der Waals surface area contributed by atoms with Crippen LogP contribution in [-0.2, 0) is 12.8 Å². The number of carbonyl (C=O) groups is 2. The number of aromatic nitrogens is 1. The number of ether oxygens (including phenoxy) is 1. The van der Waals surface area contributed by atoms with E-state index >= 15 is 0 Å². The number of hydrogen-bond acceptors (Lipinski definition) is 4. The van der Waals surface area contributed by atoms with Crippen molar-refractivity contribution < 1.29 is 19.4 Å². The van der Waals surface area contributed by atoms with Gasteiger partial charge in [-0.15, -0.1) is 0 Å². The molecule has 1 aliphatic rings. The molecule has 1 aliphatic heterocycles. The fraction of sp³-hybridized carbons (Fsp3) is 0.250. The minimum absolute atomic E-state index is 0.175. The lowest BCUT2D eigenvalue weighted by Gasteiger charge is -2.19. The van der Waals surface area contributed by atoms with Gasteiger partial charge in [-0.05, 0) is 73.2 Å². The Morgan fingerprint density at radius 1 is 1.03 bits per heavy atom. The summed E-state index contributed by atoms with van der Waals surface area (Å²) in [6, 6.07) is 18.3. The molecule has 3 aromatic carbocycles. The molecular formula is C32H31N3O4. The Labute approximate surface area is 227 Å². The Morgan fingerprint density at radius 2 is 1.87 bits per heavy atom. The van der Waals surface area contributed by atoms with Gasteiger partial charge in [0.1, 0.15) is 5.75 Å². The molecule has 198 valence electrons. The van der Waals surface area contributed by atoms with Gasteiger partial charge in [0.15, 0.2) is 0 Å². The Balaban J connectivity index is 1.42. The van der Waals surface area contributed by atoms with E-state index in [-0.39, 0.29) is 18.4 Å². The van der Waals surface area contributed by atoms with Crippen molar-refractivity contribution >= 4 is 22.7 Å². The molecule has 0 unspecified atom stereocenters. The van der Waals surface area contributed by atoms with E-state index in [1.807, 2.05) is 42.6 Å². The number of aliphatic hydroxyl groups is 1. The number of benzene rings is 3. The van der Waals surface area contributed by atoms with Gasteiger partial charge in [0.05, 0.1) is 24.8 Å². The molecule has 4 N–H and O–H groups in total. The molecule has 2 amide bonds. The van der Waals surface area contributed by atoms with Crippen molar-refractivity contribution in [2.24, 2.45) is 0 Å². The second kappa shape index (κ2) is 11.9. The minimum Gasteiger partial charge on any atom is -0.492 e. The number of fused-ring (bicyclic) bond motifs is 2. The maximum absolute atomic E-state index is 13.6. The minimum atomic E-state index is -0.472. The van der Waals surface area contributed by atoms with Gasteiger partial charge in [-0.1, -0.05) is 36.1 Å². The van der Waals surface area contributed by atoms with Crippen molar-refractivity contribution in [2.75, 3.05) is 20.3 Å². The van der Waals surface area contributed by atoms with Gasteiger partial charge in [0, 0.05) is 40.8 Å². The van der Waals surface area contributed by atoms with Crippen molar-refractivity contribution in [3.8, 4) is 17.6 Å².